The van der Waals surface area contributed by atoms with Gasteiger partial charge in [0, 0.05) is 0 Å². The summed E-state index contributed by atoms with van der Waals surface area (Å²) < 4.78 is 0. The van der Waals surface area contributed by atoms with Crippen LogP contribution >= 0.6 is 0 Å². The van der Waals surface area contributed by atoms with Crippen molar-refractivity contribution in [3.8, 4) is 0 Å². The van der Waals surface area contributed by atoms with Crippen molar-refractivity contribution >= 4 is 6.03 Å². The number of carbonyl (C=O) groups excluding carboxylic acids is 1. The van der Waals surface area contributed by atoms with Gasteiger partial charge in [-0.1, -0.05) is 6.54 Å². The monoisotopic (exact) mass is 218 g/mol. The maximum absolute atomic E-state index is 9.97. The van der Waals surface area contributed by atoms with Crippen LogP contribution in [0.3, 0.4) is 0 Å². The van der Waals surface area contributed by atoms with E-state index in [1.165, 1.54) is 0 Å². The summed E-state index contributed by atoms with van der Waals surface area (Å²) in [6.45, 7) is 1.37. The van der Waals surface area contributed by atoms with E-state index in [1.807, 2.05) is 0 Å². The zero-order valence-corrected chi connectivity index (χ0v) is 10.5. The van der Waals surface area contributed by atoms with Gasteiger partial charge in [0.15, 0.2) is 6.03 Å². The van der Waals surface area contributed by atoms with Crippen molar-refractivity contribution in [2.45, 2.75) is 0 Å². The van der Waals surface area contributed by atoms with E-state index in [4.69, 9.17) is 0 Å². The molecule has 1 saturated heterocycles. The molecule has 0 aromatic carbocycles. The smallest absolute Gasteiger partial charge is 0.450 e. The first-order chi connectivity index (χ1) is 2.89. The molecule has 0 aromatic heterocycles. The van der Waals surface area contributed by atoms with Crippen molar-refractivity contribution in [1.82, 2.24) is 5.32 Å². The SMILES string of the molecule is O=C1[N-]CCN1.[Cs+]. The number of amides is 2. The predicted molar refractivity (Wildman–Crippen MR) is 21.6 cm³/mol. The van der Waals surface area contributed by atoms with E-state index in [0.29, 0.717) is 6.54 Å². The van der Waals surface area contributed by atoms with Crippen LogP contribution in [0.25, 0.3) is 5.32 Å². The molecular weight excluding hydrogens is 213 g/mol. The third kappa shape index (κ3) is 2.99. The maximum Gasteiger partial charge on any atom is 1.00 e. The Hall–Kier alpha value is 1.32. The van der Waals surface area contributed by atoms with E-state index in [2.05, 4.69) is 10.6 Å². The fourth-order valence-electron chi connectivity index (χ4n) is 0.376. The molecule has 2 amide bonds. The van der Waals surface area contributed by atoms with E-state index < -0.39 is 0 Å². The standard InChI is InChI=1S/C3H6N2O.Cs/c6-3-4-1-2-5-3;/h1-2H2,(H2,4,5,6);/q;+1/p-1. The molecular formula is C3H5CsN2O. The van der Waals surface area contributed by atoms with Gasteiger partial charge in [-0.25, -0.2) is 0 Å². The van der Waals surface area contributed by atoms with E-state index in [1.54, 1.807) is 0 Å². The van der Waals surface area contributed by atoms with Crippen LogP contribution in [0.15, 0.2) is 0 Å². The van der Waals surface area contributed by atoms with Crippen LogP contribution in [0.1, 0.15) is 0 Å². The van der Waals surface area contributed by atoms with E-state index in [-0.39, 0.29) is 74.9 Å². The molecule has 0 radical (unpaired) electrons. The fourth-order valence-corrected chi connectivity index (χ4v) is 0.376. The van der Waals surface area contributed by atoms with E-state index >= 15 is 0 Å². The molecule has 0 saturated carbocycles. The number of nitrogens with zero attached hydrogens (tertiary/aromatic N) is 1. The van der Waals surface area contributed by atoms with Crippen LogP contribution in [-0.2, 0) is 0 Å². The largest absolute Gasteiger partial charge is 1.00 e. The maximum atomic E-state index is 9.97. The molecule has 1 fully saturated rings. The van der Waals surface area contributed by atoms with Gasteiger partial charge in [0.2, 0.25) is 0 Å². The summed E-state index contributed by atoms with van der Waals surface area (Å²) in [6, 6.07) is -0.171. The number of rotatable bonds is 0. The summed E-state index contributed by atoms with van der Waals surface area (Å²) in [5, 5.41) is 6.00. The Kier molecular flexibility index (Phi) is 5.02. The predicted octanol–water partition coefficient (Wildman–Crippen LogP) is -2.91. The summed E-state index contributed by atoms with van der Waals surface area (Å²) >= 11 is 0. The quantitative estimate of drug-likeness (QED) is 0.465. The Balaban J connectivity index is 0.000000360. The van der Waals surface area contributed by atoms with Crippen LogP contribution in [0.5, 0.6) is 0 Å². The summed E-state index contributed by atoms with van der Waals surface area (Å²) in [4.78, 5) is 9.97. The Morgan fingerprint density at radius 3 is 2.57 bits per heavy atom. The summed E-state index contributed by atoms with van der Waals surface area (Å²) in [7, 11) is 0. The number of carbonyl (C=O) groups is 1. The first-order valence-electron chi connectivity index (χ1n) is 1.85. The molecule has 3 nitrogen and oxygen atoms in total. The van der Waals surface area contributed by atoms with Crippen LogP contribution in [-0.4, -0.2) is 19.1 Å². The van der Waals surface area contributed by atoms with Crippen molar-refractivity contribution in [3.05, 3.63) is 5.32 Å². The fraction of sp³-hybridized carbons (Fsp3) is 0.667. The van der Waals surface area contributed by atoms with Gasteiger partial charge >= 0.3 is 68.9 Å². The summed E-state index contributed by atoms with van der Waals surface area (Å²) in [6.07, 6.45) is 0. The molecule has 0 bridgehead atoms. The van der Waals surface area contributed by atoms with Gasteiger partial charge in [-0.3, -0.25) is 4.79 Å². The first kappa shape index (κ1) is 8.32. The van der Waals surface area contributed by atoms with Crippen LogP contribution in [0.2, 0.25) is 0 Å². The minimum absolute atomic E-state index is 0. The molecule has 1 aliphatic rings. The molecule has 0 unspecified atom stereocenters. The van der Waals surface area contributed by atoms with Crippen molar-refractivity contribution in [3.63, 3.8) is 0 Å². The minimum atomic E-state index is -0.171. The van der Waals surface area contributed by atoms with Crippen molar-refractivity contribution in [2.75, 3.05) is 13.1 Å². The molecule has 1 heterocycles. The van der Waals surface area contributed by atoms with E-state index in [9.17, 15) is 4.79 Å². The molecule has 0 atom stereocenters. The molecule has 1 aliphatic heterocycles. The molecule has 0 aliphatic carbocycles. The molecule has 1 rings (SSSR count). The normalized spacial score (nSPS) is 16.9. The zero-order chi connectivity index (χ0) is 4.41. The topological polar surface area (TPSA) is 43.2 Å². The zero-order valence-electron chi connectivity index (χ0n) is 4.27. The first-order valence-corrected chi connectivity index (χ1v) is 1.85. The molecule has 1 N–H and O–H groups in total. The van der Waals surface area contributed by atoms with Gasteiger partial charge in [0.1, 0.15) is 0 Å². The Bertz CT molecular complexity index is 67.3. The van der Waals surface area contributed by atoms with Gasteiger partial charge in [-0.05, 0) is 6.54 Å². The molecule has 0 spiro atoms. The van der Waals surface area contributed by atoms with Crippen molar-refractivity contribution < 1.29 is 73.7 Å². The van der Waals surface area contributed by atoms with Gasteiger partial charge in [0.05, 0.1) is 0 Å². The molecule has 7 heavy (non-hydrogen) atoms. The van der Waals surface area contributed by atoms with Gasteiger partial charge in [-0.2, -0.15) is 0 Å². The molecule has 34 valence electrons. The minimum Gasteiger partial charge on any atom is -0.450 e. The number of nitrogens with one attached hydrogen (secondary N) is 1. The molecule has 0 aromatic rings. The summed E-state index contributed by atoms with van der Waals surface area (Å²) in [5.41, 5.74) is 0. The van der Waals surface area contributed by atoms with Crippen molar-refractivity contribution in [2.24, 2.45) is 0 Å². The van der Waals surface area contributed by atoms with Crippen LogP contribution in [0, 0.1) is 0 Å². The van der Waals surface area contributed by atoms with Gasteiger partial charge < -0.3 is 10.6 Å². The summed E-state index contributed by atoms with van der Waals surface area (Å²) in [5.74, 6) is 0. The van der Waals surface area contributed by atoms with Crippen LogP contribution < -0.4 is 74.2 Å². The third-order valence-electron chi connectivity index (χ3n) is 0.643. The Morgan fingerprint density at radius 1 is 1.71 bits per heavy atom. The molecule has 4 heteroatoms. The number of hydrogen-bond acceptors (Lipinski definition) is 1. The van der Waals surface area contributed by atoms with Gasteiger partial charge in [0.25, 0.3) is 0 Å². The average molecular weight is 218 g/mol. The van der Waals surface area contributed by atoms with Crippen LogP contribution in [0.4, 0.5) is 4.79 Å². The average Bonchev–Trinajstić information content (AvgIpc) is 1.86. The van der Waals surface area contributed by atoms with E-state index in [0.717, 1.165) is 6.54 Å². The van der Waals surface area contributed by atoms with Gasteiger partial charge in [-0.15, -0.1) is 0 Å². The third-order valence-corrected chi connectivity index (χ3v) is 0.643. The second kappa shape index (κ2) is 4.23. The number of urea groups is 1. The van der Waals surface area contributed by atoms with Crippen molar-refractivity contribution in [1.29, 1.82) is 0 Å². The second-order valence-corrected chi connectivity index (χ2v) is 1.11. The Morgan fingerprint density at radius 2 is 2.43 bits per heavy atom. The Labute approximate surface area is 101 Å². The second-order valence-electron chi connectivity index (χ2n) is 1.11. The number of hydrogen-bond donors (Lipinski definition) is 1.